The smallest absolute Gasteiger partial charge is 0.231 e. The van der Waals surface area contributed by atoms with Crippen LogP contribution in [0.4, 0.5) is 17.5 Å². The molecule has 5 heterocycles. The number of nitrogens with zero attached hydrogens (tertiary/aromatic N) is 8. The van der Waals surface area contributed by atoms with Gasteiger partial charge < -0.3 is 26.4 Å². The van der Waals surface area contributed by atoms with Gasteiger partial charge >= 0.3 is 0 Å². The van der Waals surface area contributed by atoms with Crippen molar-refractivity contribution in [3.8, 4) is 17.0 Å². The lowest BCUT2D eigenvalue weighted by molar-refractivity contribution is -0.119. The van der Waals surface area contributed by atoms with Gasteiger partial charge in [-0.15, -0.1) is 10.2 Å². The minimum Gasteiger partial charge on any atom is -0.507 e. The van der Waals surface area contributed by atoms with Crippen molar-refractivity contribution in [1.82, 2.24) is 30.0 Å². The van der Waals surface area contributed by atoms with Crippen molar-refractivity contribution < 1.29 is 9.90 Å². The molecule has 4 fully saturated rings. The number of benzene rings is 1. The van der Waals surface area contributed by atoms with Gasteiger partial charge in [-0.1, -0.05) is 12.1 Å². The Bertz CT molecular complexity index is 1470. The van der Waals surface area contributed by atoms with Crippen LogP contribution in [0.2, 0.25) is 0 Å². The summed E-state index contributed by atoms with van der Waals surface area (Å²) < 4.78 is 0. The van der Waals surface area contributed by atoms with E-state index in [1.165, 1.54) is 31.2 Å². The summed E-state index contributed by atoms with van der Waals surface area (Å²) >= 11 is 0. The Morgan fingerprint density at radius 2 is 1.56 bits per heavy atom. The lowest BCUT2D eigenvalue weighted by Crippen LogP contribution is -2.54. The first-order valence-electron chi connectivity index (χ1n) is 16.4. The summed E-state index contributed by atoms with van der Waals surface area (Å²) in [6, 6.07) is 10.4. The molecule has 2 aromatic heterocycles. The quantitative estimate of drug-likeness (QED) is 0.343. The van der Waals surface area contributed by atoms with Crippen molar-refractivity contribution in [2.75, 3.05) is 61.3 Å². The molecule has 2 atom stereocenters. The number of carbonyl (C=O) groups excluding carboxylic acids is 1. The van der Waals surface area contributed by atoms with Crippen molar-refractivity contribution in [3.63, 3.8) is 0 Å². The number of anilines is 3. The minimum atomic E-state index is -0.235. The first-order valence-corrected chi connectivity index (χ1v) is 16.4. The van der Waals surface area contributed by atoms with Gasteiger partial charge in [-0.2, -0.15) is 0 Å². The monoisotopic (exact) mass is 612 g/mol. The molecule has 7 rings (SSSR count). The molecule has 3 aromatic rings. The Labute approximate surface area is 264 Å². The SMILES string of the molecule is NC(=O)CN1CCN(C2CCC(Cc3cnc(N4C5CCC4CN(c4cc(-c6ccccc6O)nnc4N)C5)nc3)CC2)CC1. The third kappa shape index (κ3) is 6.39. The van der Waals surface area contributed by atoms with Crippen LogP contribution in [-0.4, -0.2) is 105 Å². The first kappa shape index (κ1) is 29.7. The number of para-hydroxylation sites is 1. The normalized spacial score (nSPS) is 25.9. The summed E-state index contributed by atoms with van der Waals surface area (Å²) in [4.78, 5) is 30.5. The zero-order valence-electron chi connectivity index (χ0n) is 25.8. The molecule has 5 N–H and O–H groups in total. The van der Waals surface area contributed by atoms with Gasteiger partial charge in [0.05, 0.1) is 17.9 Å². The van der Waals surface area contributed by atoms with Gasteiger partial charge in [0.15, 0.2) is 5.82 Å². The number of hydrogen-bond donors (Lipinski definition) is 3. The molecule has 2 bridgehead atoms. The average Bonchev–Trinajstić information content (AvgIpc) is 3.31. The highest BCUT2D eigenvalue weighted by Crippen LogP contribution is 2.38. The van der Waals surface area contributed by atoms with Gasteiger partial charge in [0, 0.05) is 75.4 Å². The van der Waals surface area contributed by atoms with Crippen LogP contribution in [0.1, 0.15) is 44.1 Å². The summed E-state index contributed by atoms with van der Waals surface area (Å²) in [5.74, 6) is 1.84. The summed E-state index contributed by atoms with van der Waals surface area (Å²) in [6.07, 6.45) is 12.2. The Morgan fingerprint density at radius 3 is 2.22 bits per heavy atom. The third-order valence-corrected chi connectivity index (χ3v) is 10.4. The Kier molecular flexibility index (Phi) is 8.41. The van der Waals surface area contributed by atoms with Gasteiger partial charge in [0.1, 0.15) is 5.75 Å². The second-order valence-corrected chi connectivity index (χ2v) is 13.3. The van der Waals surface area contributed by atoms with E-state index < -0.39 is 0 Å². The second-order valence-electron chi connectivity index (χ2n) is 13.3. The highest BCUT2D eigenvalue weighted by molar-refractivity contribution is 5.76. The van der Waals surface area contributed by atoms with Crippen molar-refractivity contribution in [2.24, 2.45) is 11.7 Å². The maximum atomic E-state index is 11.2. The molecule has 1 aromatic carbocycles. The van der Waals surface area contributed by atoms with Crippen LogP contribution >= 0.6 is 0 Å². The average molecular weight is 613 g/mol. The largest absolute Gasteiger partial charge is 0.507 e. The zero-order chi connectivity index (χ0) is 30.9. The maximum absolute atomic E-state index is 11.2. The van der Waals surface area contributed by atoms with Crippen LogP contribution in [0.5, 0.6) is 5.75 Å². The fourth-order valence-electron chi connectivity index (χ4n) is 8.03. The van der Waals surface area contributed by atoms with E-state index in [2.05, 4.69) is 29.8 Å². The lowest BCUT2D eigenvalue weighted by Gasteiger charge is -2.42. The number of fused-ring (bicyclic) bond motifs is 2. The third-order valence-electron chi connectivity index (χ3n) is 10.4. The zero-order valence-corrected chi connectivity index (χ0v) is 25.8. The number of aromatic nitrogens is 4. The molecule has 45 heavy (non-hydrogen) atoms. The van der Waals surface area contributed by atoms with Crippen LogP contribution in [0.15, 0.2) is 42.7 Å². The lowest BCUT2D eigenvalue weighted by atomic mass is 9.82. The van der Waals surface area contributed by atoms with E-state index in [0.29, 0.717) is 47.7 Å². The standard InChI is InChI=1S/C33H44N10O2/c34-31(45)21-40-11-13-41(14-12-40)24-7-5-22(6-8-24)15-23-17-36-33(37-18-23)43-25-9-10-26(43)20-42(19-25)29-16-28(38-39-32(29)35)27-3-1-2-4-30(27)44/h1-4,16-18,22,24-26,44H,5-15,19-21H2,(H2,34,45)(H2,35,39). The van der Waals surface area contributed by atoms with E-state index in [-0.39, 0.29) is 11.7 Å². The van der Waals surface area contributed by atoms with E-state index in [4.69, 9.17) is 21.4 Å². The Hall–Kier alpha value is -4.03. The number of aromatic hydroxyl groups is 1. The molecule has 1 aliphatic carbocycles. The van der Waals surface area contributed by atoms with Crippen molar-refractivity contribution >= 4 is 23.4 Å². The van der Waals surface area contributed by atoms with Gasteiger partial charge in [0.2, 0.25) is 11.9 Å². The van der Waals surface area contributed by atoms with Gasteiger partial charge in [-0.05, 0) is 74.6 Å². The topological polar surface area (TPSA) is 154 Å². The molecular formula is C33H44N10O2. The Balaban J connectivity index is 0.933. The van der Waals surface area contributed by atoms with Gasteiger partial charge in [-0.3, -0.25) is 14.6 Å². The fourth-order valence-corrected chi connectivity index (χ4v) is 8.03. The van der Waals surface area contributed by atoms with Crippen LogP contribution in [-0.2, 0) is 11.2 Å². The van der Waals surface area contributed by atoms with Crippen LogP contribution in [0.25, 0.3) is 11.3 Å². The number of rotatable bonds is 8. The molecule has 0 radical (unpaired) electrons. The fraction of sp³-hybridized carbons (Fsp3) is 0.545. The van der Waals surface area contributed by atoms with Crippen LogP contribution in [0.3, 0.4) is 0 Å². The number of phenolic OH excluding ortho intramolecular Hbond substituents is 1. The van der Waals surface area contributed by atoms with E-state index in [9.17, 15) is 9.90 Å². The highest BCUT2D eigenvalue weighted by atomic mass is 16.3. The second kappa shape index (κ2) is 12.8. The van der Waals surface area contributed by atoms with Crippen LogP contribution < -0.4 is 21.3 Å². The minimum absolute atomic E-state index is 0.175. The molecule has 1 saturated carbocycles. The predicted molar refractivity (Wildman–Crippen MR) is 174 cm³/mol. The summed E-state index contributed by atoms with van der Waals surface area (Å²) in [7, 11) is 0. The summed E-state index contributed by atoms with van der Waals surface area (Å²) in [6.45, 7) is 5.90. The van der Waals surface area contributed by atoms with E-state index in [1.54, 1.807) is 12.1 Å². The van der Waals surface area contributed by atoms with Crippen molar-refractivity contribution in [3.05, 3.63) is 48.3 Å². The molecule has 3 saturated heterocycles. The predicted octanol–water partition coefficient (Wildman–Crippen LogP) is 2.28. The number of primary amides is 1. The summed E-state index contributed by atoms with van der Waals surface area (Å²) in [5, 5.41) is 18.8. The molecule has 12 heteroatoms. The molecule has 4 aliphatic rings. The first-order chi connectivity index (χ1) is 21.9. The molecule has 1 amide bonds. The number of hydrogen-bond acceptors (Lipinski definition) is 11. The number of piperazine rings is 2. The highest BCUT2D eigenvalue weighted by Gasteiger charge is 2.42. The van der Waals surface area contributed by atoms with E-state index in [1.807, 2.05) is 30.6 Å². The van der Waals surface area contributed by atoms with E-state index in [0.717, 1.165) is 70.2 Å². The number of nitrogens with two attached hydrogens (primary N) is 2. The number of amides is 1. The van der Waals surface area contributed by atoms with E-state index >= 15 is 0 Å². The molecule has 12 nitrogen and oxygen atoms in total. The van der Waals surface area contributed by atoms with Crippen molar-refractivity contribution in [2.45, 2.75) is 63.1 Å². The number of carbonyl (C=O) groups is 1. The number of nitrogen functional groups attached to an aromatic ring is 1. The van der Waals surface area contributed by atoms with Crippen molar-refractivity contribution in [1.29, 1.82) is 0 Å². The molecular weight excluding hydrogens is 568 g/mol. The molecule has 0 spiro atoms. The Morgan fingerprint density at radius 1 is 0.889 bits per heavy atom. The molecule has 2 unspecified atom stereocenters. The maximum Gasteiger partial charge on any atom is 0.231 e. The summed E-state index contributed by atoms with van der Waals surface area (Å²) in [5.41, 5.74) is 15.0. The number of phenols is 1. The van der Waals surface area contributed by atoms with Crippen LogP contribution in [0, 0.1) is 5.92 Å². The molecule has 3 aliphatic heterocycles. The van der Waals surface area contributed by atoms with Gasteiger partial charge in [-0.25, -0.2) is 9.97 Å². The van der Waals surface area contributed by atoms with Gasteiger partial charge in [0.25, 0.3) is 0 Å². The molecule has 238 valence electrons.